The molecular weight excluding hydrogens is 279 g/mol. The molecule has 22 heavy (non-hydrogen) atoms. The normalized spacial score (nSPS) is 23.6. The third-order valence-corrected chi connectivity index (χ3v) is 4.50. The van der Waals surface area contributed by atoms with Gasteiger partial charge in [-0.15, -0.1) is 0 Å². The third kappa shape index (κ3) is 2.75. The van der Waals surface area contributed by atoms with E-state index in [2.05, 4.69) is 20.2 Å². The Kier molecular flexibility index (Phi) is 3.41. The van der Waals surface area contributed by atoms with E-state index in [9.17, 15) is 4.39 Å². The molecule has 1 aromatic carbocycles. The first-order valence-corrected chi connectivity index (χ1v) is 7.88. The molecule has 0 unspecified atom stereocenters. The van der Waals surface area contributed by atoms with Crippen LogP contribution in [0.5, 0.6) is 0 Å². The van der Waals surface area contributed by atoms with Crippen LogP contribution in [0.4, 0.5) is 16.0 Å². The lowest BCUT2D eigenvalue weighted by Gasteiger charge is -2.16. The summed E-state index contributed by atoms with van der Waals surface area (Å²) in [5.41, 5.74) is 1.19. The summed E-state index contributed by atoms with van der Waals surface area (Å²) in [4.78, 5) is 11.0. The summed E-state index contributed by atoms with van der Waals surface area (Å²) >= 11 is 0. The third-order valence-electron chi connectivity index (χ3n) is 4.50. The Labute approximate surface area is 129 Å². The van der Waals surface area contributed by atoms with E-state index in [0.717, 1.165) is 31.1 Å². The molecule has 1 N–H and O–H groups in total. The number of anilines is 2. The quantitative estimate of drug-likeness (QED) is 0.941. The molecule has 114 valence electrons. The summed E-state index contributed by atoms with van der Waals surface area (Å²) in [6.07, 6.45) is 5.17. The molecule has 2 heterocycles. The van der Waals surface area contributed by atoms with Crippen molar-refractivity contribution in [1.82, 2.24) is 9.97 Å². The number of halogens is 1. The summed E-state index contributed by atoms with van der Waals surface area (Å²) in [7, 11) is 0. The van der Waals surface area contributed by atoms with Crippen molar-refractivity contribution < 1.29 is 4.39 Å². The second kappa shape index (κ2) is 5.55. The first-order chi connectivity index (χ1) is 10.8. The lowest BCUT2D eigenvalue weighted by atomic mass is 10.1. The van der Waals surface area contributed by atoms with Crippen molar-refractivity contribution in [2.75, 3.05) is 23.3 Å². The molecule has 1 aliphatic carbocycles. The lowest BCUT2D eigenvalue weighted by Crippen LogP contribution is -2.19. The first-order valence-electron chi connectivity index (χ1n) is 7.88. The van der Waals surface area contributed by atoms with Crippen LogP contribution >= 0.6 is 0 Å². The van der Waals surface area contributed by atoms with Crippen molar-refractivity contribution >= 4 is 11.6 Å². The van der Waals surface area contributed by atoms with Gasteiger partial charge in [-0.25, -0.2) is 14.4 Å². The van der Waals surface area contributed by atoms with E-state index in [1.165, 1.54) is 30.5 Å². The Morgan fingerprint density at radius 3 is 2.64 bits per heavy atom. The van der Waals surface area contributed by atoms with Crippen LogP contribution < -0.4 is 10.2 Å². The van der Waals surface area contributed by atoms with Gasteiger partial charge < -0.3 is 10.2 Å². The smallest absolute Gasteiger partial charge is 0.134 e. The highest BCUT2D eigenvalue weighted by molar-refractivity contribution is 5.51. The number of benzene rings is 1. The van der Waals surface area contributed by atoms with E-state index < -0.39 is 0 Å². The Balaban J connectivity index is 1.42. The largest absolute Gasteiger partial charge is 0.367 e. The summed E-state index contributed by atoms with van der Waals surface area (Å²) < 4.78 is 13.0. The second-order valence-corrected chi connectivity index (χ2v) is 6.10. The molecular formula is C17H19FN4. The molecule has 2 atom stereocenters. The fourth-order valence-corrected chi connectivity index (χ4v) is 3.17. The van der Waals surface area contributed by atoms with E-state index in [1.54, 1.807) is 6.33 Å². The van der Waals surface area contributed by atoms with Crippen molar-refractivity contribution in [3.05, 3.63) is 48.0 Å². The summed E-state index contributed by atoms with van der Waals surface area (Å²) in [6.45, 7) is 2.16. The highest BCUT2D eigenvalue weighted by Gasteiger charge is 2.38. The van der Waals surface area contributed by atoms with Crippen molar-refractivity contribution in [2.24, 2.45) is 0 Å². The minimum atomic E-state index is -0.181. The standard InChI is InChI=1S/C17H19FN4/c18-13-5-3-12(4-6-13)14-9-15(14)21-16-10-17(20-11-19-16)22-7-1-2-8-22/h3-6,10-11,14-15H,1-2,7-9H2,(H,19,20,21)/t14-,15+/m0/s1. The molecule has 1 saturated carbocycles. The Bertz CT molecular complexity index is 652. The monoisotopic (exact) mass is 298 g/mol. The van der Waals surface area contributed by atoms with Gasteiger partial charge in [0.1, 0.15) is 23.8 Å². The second-order valence-electron chi connectivity index (χ2n) is 6.10. The van der Waals surface area contributed by atoms with Crippen LogP contribution in [-0.2, 0) is 0 Å². The lowest BCUT2D eigenvalue weighted by molar-refractivity contribution is 0.627. The molecule has 2 fully saturated rings. The Morgan fingerprint density at radius 1 is 1.09 bits per heavy atom. The van der Waals surface area contributed by atoms with Crippen LogP contribution in [0.15, 0.2) is 36.7 Å². The summed E-state index contributed by atoms with van der Waals surface area (Å²) in [6, 6.07) is 9.22. The van der Waals surface area contributed by atoms with Crippen LogP contribution in [-0.4, -0.2) is 29.1 Å². The number of hydrogen-bond acceptors (Lipinski definition) is 4. The Morgan fingerprint density at radius 2 is 1.86 bits per heavy atom. The molecule has 1 saturated heterocycles. The maximum Gasteiger partial charge on any atom is 0.134 e. The molecule has 0 radical (unpaired) electrons. The summed E-state index contributed by atoms with van der Waals surface area (Å²) in [5, 5.41) is 3.47. The van der Waals surface area contributed by atoms with Gasteiger partial charge in [0.25, 0.3) is 0 Å². The predicted octanol–water partition coefficient (Wildman–Crippen LogP) is 3.18. The molecule has 1 aliphatic heterocycles. The van der Waals surface area contributed by atoms with Crippen LogP contribution in [0.1, 0.15) is 30.7 Å². The zero-order valence-electron chi connectivity index (χ0n) is 12.4. The molecule has 0 amide bonds. The Hall–Kier alpha value is -2.17. The van der Waals surface area contributed by atoms with Crippen LogP contribution in [0.2, 0.25) is 0 Å². The minimum absolute atomic E-state index is 0.181. The molecule has 1 aromatic heterocycles. The maximum atomic E-state index is 13.0. The molecule has 5 heteroatoms. The maximum absolute atomic E-state index is 13.0. The predicted molar refractivity (Wildman–Crippen MR) is 84.6 cm³/mol. The first kappa shape index (κ1) is 13.5. The van der Waals surface area contributed by atoms with Gasteiger partial charge in [0, 0.05) is 31.1 Å². The van der Waals surface area contributed by atoms with Crippen molar-refractivity contribution in [2.45, 2.75) is 31.2 Å². The van der Waals surface area contributed by atoms with E-state index in [0.29, 0.717) is 12.0 Å². The molecule has 2 aliphatic rings. The molecule has 4 nitrogen and oxygen atoms in total. The zero-order valence-corrected chi connectivity index (χ0v) is 12.4. The minimum Gasteiger partial charge on any atom is -0.367 e. The molecule has 0 bridgehead atoms. The van der Waals surface area contributed by atoms with E-state index in [4.69, 9.17) is 0 Å². The van der Waals surface area contributed by atoms with Crippen LogP contribution in [0, 0.1) is 5.82 Å². The van der Waals surface area contributed by atoms with Crippen molar-refractivity contribution in [1.29, 1.82) is 0 Å². The molecule has 4 rings (SSSR count). The van der Waals surface area contributed by atoms with E-state index in [1.807, 2.05) is 18.2 Å². The van der Waals surface area contributed by atoms with Gasteiger partial charge in [-0.2, -0.15) is 0 Å². The van der Waals surface area contributed by atoms with Gasteiger partial charge in [-0.1, -0.05) is 12.1 Å². The van der Waals surface area contributed by atoms with E-state index >= 15 is 0 Å². The van der Waals surface area contributed by atoms with E-state index in [-0.39, 0.29) is 5.82 Å². The molecule has 2 aromatic rings. The van der Waals surface area contributed by atoms with Crippen LogP contribution in [0.25, 0.3) is 0 Å². The number of aromatic nitrogens is 2. The fraction of sp³-hybridized carbons (Fsp3) is 0.412. The van der Waals surface area contributed by atoms with Crippen LogP contribution in [0.3, 0.4) is 0 Å². The summed E-state index contributed by atoms with van der Waals surface area (Å²) in [5.74, 6) is 2.16. The van der Waals surface area contributed by atoms with Gasteiger partial charge in [0.05, 0.1) is 0 Å². The van der Waals surface area contributed by atoms with Crippen molar-refractivity contribution in [3.63, 3.8) is 0 Å². The highest BCUT2D eigenvalue weighted by Crippen LogP contribution is 2.42. The number of hydrogen-bond donors (Lipinski definition) is 1. The van der Waals surface area contributed by atoms with Gasteiger partial charge in [0.15, 0.2) is 0 Å². The number of rotatable bonds is 4. The zero-order chi connectivity index (χ0) is 14.9. The highest BCUT2D eigenvalue weighted by atomic mass is 19.1. The average Bonchev–Trinajstić information content (AvgIpc) is 3.09. The van der Waals surface area contributed by atoms with Crippen molar-refractivity contribution in [3.8, 4) is 0 Å². The fourth-order valence-electron chi connectivity index (χ4n) is 3.17. The van der Waals surface area contributed by atoms with Gasteiger partial charge >= 0.3 is 0 Å². The number of nitrogens with zero attached hydrogens (tertiary/aromatic N) is 3. The SMILES string of the molecule is Fc1ccc([C@@H]2C[C@H]2Nc2cc(N3CCCC3)ncn2)cc1. The van der Waals surface area contributed by atoms with Gasteiger partial charge in [0.2, 0.25) is 0 Å². The molecule has 0 spiro atoms. The number of nitrogens with one attached hydrogen (secondary N) is 1. The average molecular weight is 298 g/mol. The van der Waals surface area contributed by atoms with Gasteiger partial charge in [-0.3, -0.25) is 0 Å². The topological polar surface area (TPSA) is 41.0 Å². The van der Waals surface area contributed by atoms with Gasteiger partial charge in [-0.05, 0) is 37.0 Å².